The third kappa shape index (κ3) is 2.01. The summed E-state index contributed by atoms with van der Waals surface area (Å²) in [6, 6.07) is 11.6. The van der Waals surface area contributed by atoms with Crippen LogP contribution in [0.3, 0.4) is 0 Å². The first kappa shape index (κ1) is 10.3. The van der Waals surface area contributed by atoms with E-state index in [4.69, 9.17) is 0 Å². The summed E-state index contributed by atoms with van der Waals surface area (Å²) < 4.78 is 0. The molecule has 1 atom stereocenters. The van der Waals surface area contributed by atoms with E-state index in [1.54, 1.807) is 0 Å². The van der Waals surface area contributed by atoms with Crippen molar-refractivity contribution in [3.8, 4) is 0 Å². The molecule has 1 N–H and O–H groups in total. The zero-order valence-electron chi connectivity index (χ0n) is 9.91. The van der Waals surface area contributed by atoms with Gasteiger partial charge in [0.2, 0.25) is 0 Å². The fourth-order valence-electron chi connectivity index (χ4n) is 3.53. The maximum Gasteiger partial charge on any atom is 0.0184 e. The highest BCUT2D eigenvalue weighted by Crippen LogP contribution is 2.38. The lowest BCUT2D eigenvalue weighted by Crippen LogP contribution is -2.41. The van der Waals surface area contributed by atoms with Crippen molar-refractivity contribution >= 4 is 0 Å². The van der Waals surface area contributed by atoms with Crippen LogP contribution in [0.5, 0.6) is 0 Å². The largest absolute Gasteiger partial charge is 0.308 e. The molecule has 0 bridgehead atoms. The highest BCUT2D eigenvalue weighted by atomic mass is 15.0. The molecule has 86 valence electrons. The van der Waals surface area contributed by atoms with E-state index in [-0.39, 0.29) is 0 Å². The lowest BCUT2D eigenvalue weighted by molar-refractivity contribution is 0.366. The molecular weight excluding hydrogens is 194 g/mol. The van der Waals surface area contributed by atoms with Crippen molar-refractivity contribution in [2.45, 2.75) is 56.5 Å². The number of benzene rings is 1. The van der Waals surface area contributed by atoms with E-state index >= 15 is 0 Å². The zero-order chi connectivity index (χ0) is 10.8. The highest BCUT2D eigenvalue weighted by Gasteiger charge is 2.40. The molecule has 1 heteroatoms. The molecule has 1 saturated heterocycles. The van der Waals surface area contributed by atoms with Gasteiger partial charge in [-0.05, 0) is 37.7 Å². The van der Waals surface area contributed by atoms with Gasteiger partial charge < -0.3 is 5.32 Å². The SMILES string of the molecule is c1ccc(CC2CCC3(CCCC3)N2)cc1. The first-order chi connectivity index (χ1) is 7.86. The maximum absolute atomic E-state index is 3.91. The average Bonchev–Trinajstić information content (AvgIpc) is 2.92. The molecule has 1 aromatic rings. The second kappa shape index (κ2) is 4.21. The van der Waals surface area contributed by atoms with Gasteiger partial charge in [-0.2, -0.15) is 0 Å². The van der Waals surface area contributed by atoms with Crippen molar-refractivity contribution in [2.75, 3.05) is 0 Å². The molecular formula is C15H21N. The third-order valence-electron chi connectivity index (χ3n) is 4.37. The molecule has 16 heavy (non-hydrogen) atoms. The minimum atomic E-state index is 0.541. The Balaban J connectivity index is 1.62. The summed E-state index contributed by atoms with van der Waals surface area (Å²) in [5.41, 5.74) is 2.02. The summed E-state index contributed by atoms with van der Waals surface area (Å²) in [7, 11) is 0. The van der Waals surface area contributed by atoms with Crippen LogP contribution in [0.15, 0.2) is 30.3 Å². The molecule has 1 aliphatic carbocycles. The van der Waals surface area contributed by atoms with Crippen LogP contribution < -0.4 is 5.32 Å². The van der Waals surface area contributed by atoms with Crippen molar-refractivity contribution < 1.29 is 0 Å². The van der Waals surface area contributed by atoms with Crippen LogP contribution in [-0.4, -0.2) is 11.6 Å². The Morgan fingerprint density at radius 1 is 1.06 bits per heavy atom. The van der Waals surface area contributed by atoms with E-state index in [0.717, 1.165) is 6.04 Å². The van der Waals surface area contributed by atoms with Crippen LogP contribution in [-0.2, 0) is 6.42 Å². The lowest BCUT2D eigenvalue weighted by Gasteiger charge is -2.25. The topological polar surface area (TPSA) is 12.0 Å². The minimum Gasteiger partial charge on any atom is -0.308 e. The van der Waals surface area contributed by atoms with E-state index in [1.165, 1.54) is 50.5 Å². The smallest absolute Gasteiger partial charge is 0.0184 e. The van der Waals surface area contributed by atoms with Gasteiger partial charge in [0.05, 0.1) is 0 Å². The number of nitrogens with one attached hydrogen (secondary N) is 1. The predicted molar refractivity (Wildman–Crippen MR) is 67.5 cm³/mol. The molecule has 1 saturated carbocycles. The van der Waals surface area contributed by atoms with Crippen molar-refractivity contribution in [3.05, 3.63) is 35.9 Å². The number of hydrogen-bond acceptors (Lipinski definition) is 1. The standard InChI is InChI=1S/C15H21N/c1-2-6-13(7-3-1)12-14-8-11-15(16-14)9-4-5-10-15/h1-3,6-7,14,16H,4-5,8-12H2. The molecule has 2 aliphatic rings. The second-order valence-corrected chi connectivity index (χ2v) is 5.56. The molecule has 1 heterocycles. The van der Waals surface area contributed by atoms with Gasteiger partial charge in [-0.1, -0.05) is 43.2 Å². The number of rotatable bonds is 2. The molecule has 1 nitrogen and oxygen atoms in total. The summed E-state index contributed by atoms with van der Waals surface area (Å²) in [4.78, 5) is 0. The molecule has 3 rings (SSSR count). The molecule has 2 fully saturated rings. The van der Waals surface area contributed by atoms with E-state index in [1.807, 2.05) is 0 Å². The van der Waals surface area contributed by atoms with E-state index in [2.05, 4.69) is 35.6 Å². The maximum atomic E-state index is 3.91. The van der Waals surface area contributed by atoms with E-state index < -0.39 is 0 Å². The van der Waals surface area contributed by atoms with Crippen LogP contribution >= 0.6 is 0 Å². The molecule has 1 aliphatic heterocycles. The molecule has 0 amide bonds. The Hall–Kier alpha value is -0.820. The summed E-state index contributed by atoms with van der Waals surface area (Å²) in [6.07, 6.45) is 9.69. The van der Waals surface area contributed by atoms with Gasteiger partial charge in [0.15, 0.2) is 0 Å². The average molecular weight is 215 g/mol. The van der Waals surface area contributed by atoms with Gasteiger partial charge >= 0.3 is 0 Å². The number of hydrogen-bond donors (Lipinski definition) is 1. The van der Waals surface area contributed by atoms with Crippen LogP contribution in [0.25, 0.3) is 0 Å². The first-order valence-electron chi connectivity index (χ1n) is 6.68. The first-order valence-corrected chi connectivity index (χ1v) is 6.68. The summed E-state index contributed by atoms with van der Waals surface area (Å²) >= 11 is 0. The Bertz CT molecular complexity index is 338. The fourth-order valence-corrected chi connectivity index (χ4v) is 3.53. The van der Waals surface area contributed by atoms with Gasteiger partial charge in [0.1, 0.15) is 0 Å². The summed E-state index contributed by atoms with van der Waals surface area (Å²) in [5.74, 6) is 0. The highest BCUT2D eigenvalue weighted by molar-refractivity contribution is 5.17. The summed E-state index contributed by atoms with van der Waals surface area (Å²) in [5, 5.41) is 3.91. The molecule has 1 aromatic carbocycles. The Labute approximate surface area is 98.3 Å². The quantitative estimate of drug-likeness (QED) is 0.798. The van der Waals surface area contributed by atoms with Crippen LogP contribution in [0.1, 0.15) is 44.1 Å². The van der Waals surface area contributed by atoms with Gasteiger partial charge in [-0.3, -0.25) is 0 Å². The molecule has 1 unspecified atom stereocenters. The van der Waals surface area contributed by atoms with Crippen molar-refractivity contribution in [2.24, 2.45) is 0 Å². The van der Waals surface area contributed by atoms with Crippen molar-refractivity contribution in [1.29, 1.82) is 0 Å². The summed E-state index contributed by atoms with van der Waals surface area (Å²) in [6.45, 7) is 0. The van der Waals surface area contributed by atoms with Crippen molar-refractivity contribution in [3.63, 3.8) is 0 Å². The van der Waals surface area contributed by atoms with Crippen molar-refractivity contribution in [1.82, 2.24) is 5.32 Å². The zero-order valence-corrected chi connectivity index (χ0v) is 9.91. The Morgan fingerprint density at radius 2 is 1.81 bits per heavy atom. The predicted octanol–water partition coefficient (Wildman–Crippen LogP) is 3.29. The minimum absolute atomic E-state index is 0.541. The van der Waals surface area contributed by atoms with Crippen LogP contribution in [0, 0.1) is 0 Å². The van der Waals surface area contributed by atoms with E-state index in [9.17, 15) is 0 Å². The third-order valence-corrected chi connectivity index (χ3v) is 4.37. The molecule has 0 aromatic heterocycles. The molecule has 0 radical (unpaired) electrons. The Morgan fingerprint density at radius 3 is 2.56 bits per heavy atom. The van der Waals surface area contributed by atoms with E-state index in [0.29, 0.717) is 5.54 Å². The van der Waals surface area contributed by atoms with Gasteiger partial charge in [-0.15, -0.1) is 0 Å². The van der Waals surface area contributed by atoms with Crippen LogP contribution in [0.2, 0.25) is 0 Å². The second-order valence-electron chi connectivity index (χ2n) is 5.56. The van der Waals surface area contributed by atoms with Gasteiger partial charge in [0.25, 0.3) is 0 Å². The molecule has 1 spiro atoms. The monoisotopic (exact) mass is 215 g/mol. The van der Waals surface area contributed by atoms with Gasteiger partial charge in [0, 0.05) is 11.6 Å². The van der Waals surface area contributed by atoms with Gasteiger partial charge in [-0.25, -0.2) is 0 Å². The Kier molecular flexibility index (Phi) is 2.72. The van der Waals surface area contributed by atoms with Crippen LogP contribution in [0.4, 0.5) is 0 Å². The normalized spacial score (nSPS) is 27.6. The lowest BCUT2D eigenvalue weighted by atomic mass is 9.96. The fraction of sp³-hybridized carbons (Fsp3) is 0.600.